The molecule has 1 aliphatic rings. The lowest BCUT2D eigenvalue weighted by molar-refractivity contribution is 0.415. The van der Waals surface area contributed by atoms with Gasteiger partial charge in [0, 0.05) is 0 Å². The van der Waals surface area contributed by atoms with E-state index < -0.39 is 0 Å². The van der Waals surface area contributed by atoms with E-state index in [1.165, 1.54) is 11.0 Å². The fourth-order valence-electron chi connectivity index (χ4n) is 1.84. The standard InChI is InChI=1S/C13H14N8O/c1-22-10-4-2-9(3-5-10)7-16-19-13-20-18-11(14)6-12-15-8-17-21(12)13/h2-5,7-8H,6H2,1H3,(H2,14,18)(H,19,20)/b16-7+. The van der Waals surface area contributed by atoms with Gasteiger partial charge in [0.05, 0.1) is 19.7 Å². The van der Waals surface area contributed by atoms with Crippen molar-refractivity contribution >= 4 is 18.0 Å². The maximum Gasteiger partial charge on any atom is 0.266 e. The van der Waals surface area contributed by atoms with Crippen LogP contribution < -0.4 is 15.9 Å². The number of aromatic nitrogens is 3. The normalized spacial score (nSPS) is 14.0. The number of ether oxygens (including phenoxy) is 1. The topological polar surface area (TPSA) is 115 Å². The molecule has 22 heavy (non-hydrogen) atoms. The van der Waals surface area contributed by atoms with Crippen LogP contribution in [0.5, 0.6) is 5.75 Å². The first-order valence-corrected chi connectivity index (χ1v) is 6.48. The summed E-state index contributed by atoms with van der Waals surface area (Å²) in [5.41, 5.74) is 9.40. The van der Waals surface area contributed by atoms with Crippen molar-refractivity contribution in [1.82, 2.24) is 20.2 Å². The second-order valence-electron chi connectivity index (χ2n) is 4.42. The van der Waals surface area contributed by atoms with Gasteiger partial charge in [0.2, 0.25) is 0 Å². The number of fused-ring (bicyclic) bond motifs is 1. The minimum Gasteiger partial charge on any atom is -0.497 e. The third-order valence-corrected chi connectivity index (χ3v) is 2.93. The van der Waals surface area contributed by atoms with Crippen LogP contribution in [-0.2, 0) is 6.42 Å². The molecular weight excluding hydrogens is 284 g/mol. The Kier molecular flexibility index (Phi) is 3.77. The average Bonchev–Trinajstić information content (AvgIpc) is 2.93. The van der Waals surface area contributed by atoms with Crippen LogP contribution in [0.1, 0.15) is 11.4 Å². The van der Waals surface area contributed by atoms with E-state index in [0.717, 1.165) is 11.3 Å². The van der Waals surface area contributed by atoms with Crippen LogP contribution in [0.2, 0.25) is 0 Å². The van der Waals surface area contributed by atoms with Crippen molar-refractivity contribution in [3.05, 3.63) is 42.0 Å². The number of hydrogen-bond acceptors (Lipinski definition) is 8. The van der Waals surface area contributed by atoms with Gasteiger partial charge in [-0.1, -0.05) is 0 Å². The fraction of sp³-hybridized carbons (Fsp3) is 0.154. The smallest absolute Gasteiger partial charge is 0.266 e. The highest BCUT2D eigenvalue weighted by molar-refractivity contribution is 5.89. The Balaban J connectivity index is 1.74. The lowest BCUT2D eigenvalue weighted by atomic mass is 10.2. The first kappa shape index (κ1) is 13.7. The Bertz CT molecular complexity index is 744. The summed E-state index contributed by atoms with van der Waals surface area (Å²) in [5, 5.41) is 16.0. The monoisotopic (exact) mass is 298 g/mol. The Hall–Kier alpha value is -3.23. The molecule has 1 aliphatic heterocycles. The van der Waals surface area contributed by atoms with Gasteiger partial charge in [0.25, 0.3) is 5.96 Å². The molecule has 9 heteroatoms. The third kappa shape index (κ3) is 2.92. The largest absolute Gasteiger partial charge is 0.497 e. The zero-order valence-corrected chi connectivity index (χ0v) is 11.8. The minimum absolute atomic E-state index is 0.331. The molecule has 0 spiro atoms. The molecule has 112 valence electrons. The van der Waals surface area contributed by atoms with E-state index in [1.54, 1.807) is 13.3 Å². The number of benzene rings is 1. The van der Waals surface area contributed by atoms with Gasteiger partial charge in [0.1, 0.15) is 23.7 Å². The molecule has 0 saturated carbocycles. The van der Waals surface area contributed by atoms with Gasteiger partial charge in [-0.05, 0) is 29.8 Å². The summed E-state index contributed by atoms with van der Waals surface area (Å²) in [5.74, 6) is 2.13. The molecule has 0 bridgehead atoms. The number of amidine groups is 1. The summed E-state index contributed by atoms with van der Waals surface area (Å²) in [7, 11) is 1.62. The summed E-state index contributed by atoms with van der Waals surface area (Å²) >= 11 is 0. The van der Waals surface area contributed by atoms with E-state index in [-0.39, 0.29) is 0 Å². The molecule has 2 aromatic rings. The van der Waals surface area contributed by atoms with E-state index >= 15 is 0 Å². The number of hydrazone groups is 1. The number of nitrogens with two attached hydrogens (primary N) is 1. The molecule has 0 fully saturated rings. The minimum atomic E-state index is 0.331. The third-order valence-electron chi connectivity index (χ3n) is 2.93. The van der Waals surface area contributed by atoms with E-state index in [1.807, 2.05) is 24.3 Å². The van der Waals surface area contributed by atoms with Crippen LogP contribution in [0.4, 0.5) is 0 Å². The van der Waals surface area contributed by atoms with Gasteiger partial charge in [-0.15, -0.1) is 10.2 Å². The van der Waals surface area contributed by atoms with Gasteiger partial charge in [-0.25, -0.2) is 10.4 Å². The van der Waals surface area contributed by atoms with Gasteiger partial charge in [-0.3, -0.25) is 0 Å². The van der Waals surface area contributed by atoms with E-state index in [4.69, 9.17) is 10.5 Å². The first-order valence-electron chi connectivity index (χ1n) is 6.48. The number of rotatable bonds is 3. The van der Waals surface area contributed by atoms with Crippen LogP contribution >= 0.6 is 0 Å². The molecule has 1 aromatic heterocycles. The molecular formula is C13H14N8O. The number of hydrogen-bond donors (Lipinski definition) is 2. The second-order valence-corrected chi connectivity index (χ2v) is 4.42. The number of methoxy groups -OCH3 is 1. The zero-order chi connectivity index (χ0) is 15.4. The summed E-state index contributed by atoms with van der Waals surface area (Å²) in [6.45, 7) is 0. The highest BCUT2D eigenvalue weighted by Gasteiger charge is 2.14. The van der Waals surface area contributed by atoms with Crippen molar-refractivity contribution in [3.63, 3.8) is 0 Å². The van der Waals surface area contributed by atoms with Crippen molar-refractivity contribution in [2.24, 2.45) is 21.0 Å². The average molecular weight is 298 g/mol. The maximum atomic E-state index is 5.70. The Morgan fingerprint density at radius 2 is 2.14 bits per heavy atom. The summed E-state index contributed by atoms with van der Waals surface area (Å²) < 4.78 is 6.61. The van der Waals surface area contributed by atoms with Gasteiger partial charge >= 0.3 is 0 Å². The fourth-order valence-corrected chi connectivity index (χ4v) is 1.84. The quantitative estimate of drug-likeness (QED) is 0.608. The van der Waals surface area contributed by atoms with Crippen molar-refractivity contribution in [1.29, 1.82) is 0 Å². The molecule has 2 heterocycles. The molecule has 0 amide bonds. The Labute approximate surface area is 126 Å². The lowest BCUT2D eigenvalue weighted by Gasteiger charge is -2.04. The molecule has 0 aliphatic carbocycles. The lowest BCUT2D eigenvalue weighted by Crippen LogP contribution is -2.28. The van der Waals surface area contributed by atoms with Crippen LogP contribution in [0.15, 0.2) is 45.9 Å². The Morgan fingerprint density at radius 1 is 1.32 bits per heavy atom. The first-order chi connectivity index (χ1) is 10.8. The predicted molar refractivity (Wildman–Crippen MR) is 81.9 cm³/mol. The molecule has 0 unspecified atom stereocenters. The van der Waals surface area contributed by atoms with Crippen LogP contribution in [-0.4, -0.2) is 39.9 Å². The molecule has 3 N–H and O–H groups in total. The van der Waals surface area contributed by atoms with Crippen molar-refractivity contribution in [2.75, 3.05) is 7.11 Å². The van der Waals surface area contributed by atoms with Crippen LogP contribution in [0.25, 0.3) is 0 Å². The van der Waals surface area contributed by atoms with Crippen molar-refractivity contribution in [2.45, 2.75) is 6.42 Å². The van der Waals surface area contributed by atoms with Crippen molar-refractivity contribution in [3.8, 4) is 5.75 Å². The Morgan fingerprint density at radius 3 is 2.91 bits per heavy atom. The van der Waals surface area contributed by atoms with Crippen molar-refractivity contribution < 1.29 is 4.74 Å². The molecule has 0 atom stereocenters. The van der Waals surface area contributed by atoms with E-state index in [2.05, 4.69) is 30.8 Å². The van der Waals surface area contributed by atoms with Crippen LogP contribution in [0, 0.1) is 0 Å². The molecule has 0 radical (unpaired) electrons. The maximum absolute atomic E-state index is 5.70. The van der Waals surface area contributed by atoms with Crippen LogP contribution in [0.3, 0.4) is 0 Å². The SMILES string of the molecule is COc1ccc(/C=N/NC2=NN=C(N)Cc3ncnn32)cc1. The van der Waals surface area contributed by atoms with E-state index in [0.29, 0.717) is 24.0 Å². The zero-order valence-electron chi connectivity index (χ0n) is 11.8. The highest BCUT2D eigenvalue weighted by Crippen LogP contribution is 2.09. The predicted octanol–water partition coefficient (Wildman–Crippen LogP) is -0.0572. The van der Waals surface area contributed by atoms with Gasteiger partial charge < -0.3 is 10.5 Å². The summed E-state index contributed by atoms with van der Waals surface area (Å²) in [4.78, 5) is 4.11. The van der Waals surface area contributed by atoms with Gasteiger partial charge in [0.15, 0.2) is 0 Å². The number of nitrogens with zero attached hydrogens (tertiary/aromatic N) is 6. The number of nitrogens with one attached hydrogen (secondary N) is 1. The summed E-state index contributed by atoms with van der Waals surface area (Å²) in [6.07, 6.45) is 3.46. The molecule has 3 rings (SSSR count). The second kappa shape index (κ2) is 6.04. The van der Waals surface area contributed by atoms with Gasteiger partial charge in [-0.2, -0.15) is 14.9 Å². The molecule has 1 aromatic carbocycles. The highest BCUT2D eigenvalue weighted by atomic mass is 16.5. The van der Waals surface area contributed by atoms with E-state index in [9.17, 15) is 0 Å². The molecule has 0 saturated heterocycles. The molecule has 9 nitrogen and oxygen atoms in total. The summed E-state index contributed by atoms with van der Waals surface area (Å²) in [6, 6.07) is 7.47.